The molecule has 3 nitrogen and oxygen atoms in total. The van der Waals surface area contributed by atoms with Crippen molar-refractivity contribution >= 4 is 22.5 Å². The van der Waals surface area contributed by atoms with Crippen molar-refractivity contribution in [3.05, 3.63) is 40.2 Å². The predicted octanol–water partition coefficient (Wildman–Crippen LogP) is 2.29. The van der Waals surface area contributed by atoms with Gasteiger partial charge >= 0.3 is 0 Å². The van der Waals surface area contributed by atoms with Gasteiger partial charge in [-0.1, -0.05) is 0 Å². The molecule has 0 N–H and O–H groups in total. The normalized spacial score (nSPS) is 10.7. The second kappa shape index (κ2) is 4.18. The summed E-state index contributed by atoms with van der Waals surface area (Å²) in [5.41, 5.74) is 1.63. The van der Waals surface area contributed by atoms with Crippen molar-refractivity contribution in [3.63, 3.8) is 0 Å². The first-order valence-corrected chi connectivity index (χ1v) is 5.43. The second-order valence-electron chi connectivity index (χ2n) is 3.58. The van der Waals surface area contributed by atoms with E-state index in [0.717, 1.165) is 22.2 Å². The highest BCUT2D eigenvalue weighted by Gasteiger charge is 2.06. The Morgan fingerprint density at radius 3 is 2.75 bits per heavy atom. The van der Waals surface area contributed by atoms with Crippen molar-refractivity contribution < 1.29 is 4.74 Å². The molecule has 0 radical (unpaired) electrons. The van der Waals surface area contributed by atoms with Crippen LogP contribution < -0.4 is 10.3 Å². The Morgan fingerprint density at radius 1 is 1.38 bits per heavy atom. The number of hydrogen-bond acceptors (Lipinski definition) is 2. The Morgan fingerprint density at radius 2 is 2.12 bits per heavy atom. The first kappa shape index (κ1) is 11.0. The van der Waals surface area contributed by atoms with Gasteiger partial charge in [0.25, 0.3) is 5.56 Å². The number of fused-ring (bicyclic) bond motifs is 1. The third-order valence-electron chi connectivity index (χ3n) is 2.68. The zero-order chi connectivity index (χ0) is 11.7. The summed E-state index contributed by atoms with van der Waals surface area (Å²) in [7, 11) is 3.34. The highest BCUT2D eigenvalue weighted by molar-refractivity contribution is 6.18. The number of aryl methyl sites for hydroxylation is 1. The molecule has 0 saturated carbocycles. The molecule has 16 heavy (non-hydrogen) atoms. The van der Waals surface area contributed by atoms with Crippen LogP contribution in [0.15, 0.2) is 29.1 Å². The number of rotatable bonds is 2. The number of pyridine rings is 1. The summed E-state index contributed by atoms with van der Waals surface area (Å²) in [6.07, 6.45) is 0. The van der Waals surface area contributed by atoms with Gasteiger partial charge in [-0.05, 0) is 17.7 Å². The molecule has 0 bridgehead atoms. The van der Waals surface area contributed by atoms with Crippen LogP contribution in [0.3, 0.4) is 0 Å². The maximum atomic E-state index is 11.7. The number of halogens is 1. The minimum Gasteiger partial charge on any atom is -0.497 e. The van der Waals surface area contributed by atoms with E-state index < -0.39 is 0 Å². The van der Waals surface area contributed by atoms with Crippen LogP contribution >= 0.6 is 11.6 Å². The zero-order valence-electron chi connectivity index (χ0n) is 9.16. The average Bonchev–Trinajstić information content (AvgIpc) is 2.33. The van der Waals surface area contributed by atoms with Gasteiger partial charge in [-0.3, -0.25) is 4.79 Å². The Kier molecular flexibility index (Phi) is 2.88. The molecule has 0 aliphatic carbocycles. The lowest BCUT2D eigenvalue weighted by molar-refractivity contribution is 0.415. The molecule has 0 amide bonds. The molecule has 2 aromatic rings. The van der Waals surface area contributed by atoms with Gasteiger partial charge < -0.3 is 9.30 Å². The van der Waals surface area contributed by atoms with Crippen LogP contribution in [0, 0.1) is 0 Å². The Labute approximate surface area is 98.2 Å². The van der Waals surface area contributed by atoms with E-state index >= 15 is 0 Å². The fourth-order valence-electron chi connectivity index (χ4n) is 1.74. The van der Waals surface area contributed by atoms with Gasteiger partial charge in [0.05, 0.1) is 12.6 Å². The highest BCUT2D eigenvalue weighted by Crippen LogP contribution is 2.22. The largest absolute Gasteiger partial charge is 0.497 e. The third kappa shape index (κ3) is 1.67. The molecule has 0 unspecified atom stereocenters. The first-order valence-electron chi connectivity index (χ1n) is 4.90. The number of nitrogens with zero attached hydrogens (tertiary/aromatic N) is 1. The minimum absolute atomic E-state index is 0.0589. The summed E-state index contributed by atoms with van der Waals surface area (Å²) >= 11 is 5.82. The summed E-state index contributed by atoms with van der Waals surface area (Å²) in [5.74, 6) is 1.06. The lowest BCUT2D eigenvalue weighted by Crippen LogP contribution is -2.16. The quantitative estimate of drug-likeness (QED) is 0.751. The SMILES string of the molecule is COc1ccc2c(CCl)cc(=O)n(C)c2c1. The summed E-state index contributed by atoms with van der Waals surface area (Å²) in [5, 5.41) is 0.984. The van der Waals surface area contributed by atoms with Crippen molar-refractivity contribution in [2.24, 2.45) is 7.05 Å². The lowest BCUT2D eigenvalue weighted by Gasteiger charge is -2.09. The standard InChI is InChI=1S/C12H12ClNO2/c1-14-11-6-9(16-2)3-4-10(11)8(7-13)5-12(14)15/h3-6H,7H2,1-2H3. The highest BCUT2D eigenvalue weighted by atomic mass is 35.5. The average molecular weight is 238 g/mol. The maximum absolute atomic E-state index is 11.7. The maximum Gasteiger partial charge on any atom is 0.251 e. The van der Waals surface area contributed by atoms with Crippen molar-refractivity contribution in [2.45, 2.75) is 5.88 Å². The molecule has 84 valence electrons. The molecule has 2 rings (SSSR count). The van der Waals surface area contributed by atoms with Crippen LogP contribution in [0.5, 0.6) is 5.75 Å². The van der Waals surface area contributed by atoms with Crippen LogP contribution in [0.2, 0.25) is 0 Å². The number of aromatic nitrogens is 1. The van der Waals surface area contributed by atoms with Gasteiger partial charge in [0.2, 0.25) is 0 Å². The Hall–Kier alpha value is -1.48. The van der Waals surface area contributed by atoms with Crippen molar-refractivity contribution in [2.75, 3.05) is 7.11 Å². The summed E-state index contributed by atoms with van der Waals surface area (Å²) < 4.78 is 6.73. The Bertz CT molecular complexity index is 589. The molecule has 1 aromatic carbocycles. The molecule has 4 heteroatoms. The molecule has 0 aliphatic heterocycles. The lowest BCUT2D eigenvalue weighted by atomic mass is 10.1. The van der Waals surface area contributed by atoms with E-state index in [9.17, 15) is 4.79 Å². The van der Waals surface area contributed by atoms with Crippen LogP contribution in [-0.2, 0) is 12.9 Å². The van der Waals surface area contributed by atoms with E-state index in [1.54, 1.807) is 24.8 Å². The van der Waals surface area contributed by atoms with Gasteiger partial charge in [0.15, 0.2) is 0 Å². The first-order chi connectivity index (χ1) is 7.67. The van der Waals surface area contributed by atoms with E-state index in [1.165, 1.54) is 0 Å². The number of hydrogen-bond donors (Lipinski definition) is 0. The van der Waals surface area contributed by atoms with Crippen LogP contribution in [0.25, 0.3) is 10.9 Å². The van der Waals surface area contributed by atoms with E-state index in [-0.39, 0.29) is 5.56 Å². The van der Waals surface area contributed by atoms with E-state index in [2.05, 4.69) is 0 Å². The van der Waals surface area contributed by atoms with Crippen molar-refractivity contribution in [3.8, 4) is 5.75 Å². The molecule has 1 heterocycles. The van der Waals surface area contributed by atoms with Crippen LogP contribution in [0.4, 0.5) is 0 Å². The van der Waals surface area contributed by atoms with Gasteiger partial charge in [-0.25, -0.2) is 0 Å². The van der Waals surface area contributed by atoms with Crippen molar-refractivity contribution in [1.29, 1.82) is 0 Å². The van der Waals surface area contributed by atoms with Gasteiger partial charge in [0.1, 0.15) is 5.75 Å². The molecule has 0 atom stereocenters. The number of alkyl halides is 1. The smallest absolute Gasteiger partial charge is 0.251 e. The summed E-state index contributed by atoms with van der Waals surface area (Å²) in [6, 6.07) is 7.20. The zero-order valence-corrected chi connectivity index (χ0v) is 9.91. The van der Waals surface area contributed by atoms with Gasteiger partial charge in [-0.15, -0.1) is 11.6 Å². The van der Waals surface area contributed by atoms with E-state index in [1.807, 2.05) is 18.2 Å². The topological polar surface area (TPSA) is 31.2 Å². The third-order valence-corrected chi connectivity index (χ3v) is 2.97. The summed E-state index contributed by atoms with van der Waals surface area (Å²) in [4.78, 5) is 11.7. The molecule has 0 aliphatic rings. The minimum atomic E-state index is -0.0589. The molecular weight excluding hydrogens is 226 g/mol. The van der Waals surface area contributed by atoms with E-state index in [0.29, 0.717) is 5.88 Å². The molecule has 1 aromatic heterocycles. The molecular formula is C12H12ClNO2. The fraction of sp³-hybridized carbons (Fsp3) is 0.250. The van der Waals surface area contributed by atoms with Gasteiger partial charge in [-0.2, -0.15) is 0 Å². The predicted molar refractivity (Wildman–Crippen MR) is 65.3 cm³/mol. The van der Waals surface area contributed by atoms with Crippen LogP contribution in [-0.4, -0.2) is 11.7 Å². The molecule has 0 spiro atoms. The fourth-order valence-corrected chi connectivity index (χ4v) is 1.96. The van der Waals surface area contributed by atoms with Crippen LogP contribution in [0.1, 0.15) is 5.56 Å². The second-order valence-corrected chi connectivity index (χ2v) is 3.85. The van der Waals surface area contributed by atoms with Gasteiger partial charge in [0, 0.05) is 30.4 Å². The number of ether oxygens (including phenoxy) is 1. The molecule has 0 saturated heterocycles. The van der Waals surface area contributed by atoms with E-state index in [4.69, 9.17) is 16.3 Å². The Balaban J connectivity index is 2.88. The number of methoxy groups -OCH3 is 1. The van der Waals surface area contributed by atoms with Crippen molar-refractivity contribution in [1.82, 2.24) is 4.57 Å². The molecule has 0 fully saturated rings. The monoisotopic (exact) mass is 237 g/mol. The summed E-state index contributed by atoms with van der Waals surface area (Å²) in [6.45, 7) is 0. The number of benzene rings is 1.